The number of ketones is 1. The molecule has 0 amide bonds. The minimum atomic E-state index is -4.98. The molecule has 0 radical (unpaired) electrons. The van der Waals surface area contributed by atoms with Crippen LogP contribution in [-0.2, 0) is 17.1 Å². The van der Waals surface area contributed by atoms with Gasteiger partial charge in [0.15, 0.2) is 0 Å². The molecule has 1 aliphatic rings. The molecule has 0 spiro atoms. The zero-order valence-electron chi connectivity index (χ0n) is 12.5. The molecule has 8 heteroatoms. The topological polar surface area (TPSA) is 37.3 Å². The largest absolute Gasteiger partial charge is 0.416 e. The van der Waals surface area contributed by atoms with Crippen LogP contribution in [0.4, 0.5) is 26.3 Å². The van der Waals surface area contributed by atoms with Crippen molar-refractivity contribution in [2.75, 3.05) is 0 Å². The molecule has 1 saturated carbocycles. The molecule has 0 bridgehead atoms. The van der Waals surface area contributed by atoms with Crippen LogP contribution < -0.4 is 0 Å². The summed E-state index contributed by atoms with van der Waals surface area (Å²) in [7, 11) is 0. The number of hydrogen-bond acceptors (Lipinski definition) is 2. The monoisotopic (exact) mass is 354 g/mol. The average molecular weight is 354 g/mol. The van der Waals surface area contributed by atoms with Crippen LogP contribution in [0.25, 0.3) is 0 Å². The first-order chi connectivity index (χ1) is 11.0. The Bertz CT molecular complexity index is 573. The van der Waals surface area contributed by atoms with Crippen LogP contribution in [0.2, 0.25) is 0 Å². The van der Waals surface area contributed by atoms with Crippen molar-refractivity contribution in [1.29, 1.82) is 0 Å². The fourth-order valence-electron chi connectivity index (χ4n) is 2.90. The second-order valence-corrected chi connectivity index (χ2v) is 5.96. The minimum Gasteiger partial charge on any atom is -0.388 e. The van der Waals surface area contributed by atoms with Crippen LogP contribution in [0, 0.1) is 5.92 Å². The second kappa shape index (κ2) is 6.74. The summed E-state index contributed by atoms with van der Waals surface area (Å²) in [5.74, 6) is -1.30. The minimum absolute atomic E-state index is 0.00509. The van der Waals surface area contributed by atoms with E-state index in [1.165, 1.54) is 0 Å². The van der Waals surface area contributed by atoms with Crippen molar-refractivity contribution >= 4 is 5.78 Å². The van der Waals surface area contributed by atoms with E-state index in [4.69, 9.17) is 0 Å². The molecule has 1 aromatic carbocycles. The lowest BCUT2D eigenvalue weighted by atomic mass is 9.87. The summed E-state index contributed by atoms with van der Waals surface area (Å²) < 4.78 is 77.2. The van der Waals surface area contributed by atoms with E-state index in [1.807, 2.05) is 0 Å². The number of carbonyl (C=O) groups excluding carboxylic acids is 1. The predicted octanol–water partition coefficient (Wildman–Crippen LogP) is 4.91. The highest BCUT2D eigenvalue weighted by Gasteiger charge is 2.38. The Morgan fingerprint density at radius 2 is 1.46 bits per heavy atom. The highest BCUT2D eigenvalue weighted by atomic mass is 19.4. The number of rotatable bonds is 2. The third kappa shape index (κ3) is 4.28. The molecule has 1 aromatic rings. The van der Waals surface area contributed by atoms with Gasteiger partial charge in [0, 0.05) is 12.3 Å². The quantitative estimate of drug-likeness (QED) is 0.605. The van der Waals surface area contributed by atoms with E-state index in [1.54, 1.807) is 0 Å². The Labute approximate surface area is 134 Å². The molecule has 2 nitrogen and oxygen atoms in total. The molecule has 0 aromatic heterocycles. The van der Waals surface area contributed by atoms with Crippen molar-refractivity contribution in [3.05, 3.63) is 34.9 Å². The molecule has 1 fully saturated rings. The molecular weight excluding hydrogens is 338 g/mol. The van der Waals surface area contributed by atoms with Gasteiger partial charge in [-0.25, -0.2) is 0 Å². The van der Waals surface area contributed by atoms with Crippen LogP contribution >= 0.6 is 0 Å². The number of halogens is 6. The van der Waals surface area contributed by atoms with Gasteiger partial charge >= 0.3 is 12.4 Å². The van der Waals surface area contributed by atoms with E-state index in [0.29, 0.717) is 25.0 Å². The maximum absolute atomic E-state index is 12.9. The smallest absolute Gasteiger partial charge is 0.388 e. The first-order valence-corrected chi connectivity index (χ1v) is 7.50. The molecule has 0 unspecified atom stereocenters. The Balaban J connectivity index is 2.46. The fourth-order valence-corrected chi connectivity index (χ4v) is 2.90. The molecule has 0 heterocycles. The third-order valence-corrected chi connectivity index (χ3v) is 4.18. The molecule has 24 heavy (non-hydrogen) atoms. The fraction of sp³-hybridized carbons (Fsp3) is 0.562. The summed E-state index contributed by atoms with van der Waals surface area (Å²) >= 11 is 0. The van der Waals surface area contributed by atoms with Gasteiger partial charge in [0.25, 0.3) is 0 Å². The Morgan fingerprint density at radius 3 is 1.96 bits per heavy atom. The summed E-state index contributed by atoms with van der Waals surface area (Å²) in [5.41, 5.74) is -3.52. The number of Topliss-reactive ketones (excluding diaryl/α,β-unsaturated/α-hetero) is 1. The Morgan fingerprint density at radius 1 is 0.917 bits per heavy atom. The van der Waals surface area contributed by atoms with Gasteiger partial charge in [0.1, 0.15) is 5.78 Å². The maximum atomic E-state index is 12.9. The summed E-state index contributed by atoms with van der Waals surface area (Å²) in [6.07, 6.45) is -9.28. The van der Waals surface area contributed by atoms with Gasteiger partial charge in [0.05, 0.1) is 17.2 Å². The molecule has 2 atom stereocenters. The summed E-state index contributed by atoms with van der Waals surface area (Å²) in [4.78, 5) is 12.0. The summed E-state index contributed by atoms with van der Waals surface area (Å²) in [6.45, 7) is 0. The molecule has 0 saturated heterocycles. The average Bonchev–Trinajstić information content (AvgIpc) is 2.69. The second-order valence-electron chi connectivity index (χ2n) is 5.96. The van der Waals surface area contributed by atoms with E-state index in [9.17, 15) is 36.2 Å². The SMILES string of the molecule is O=C1CCCCC[C@@H]1[C@H](O)c1cc(C(F)(F)F)cc(C(F)(F)F)c1. The zero-order valence-corrected chi connectivity index (χ0v) is 12.5. The highest BCUT2D eigenvalue weighted by molar-refractivity contribution is 5.82. The van der Waals surface area contributed by atoms with Crippen LogP contribution in [0.3, 0.4) is 0 Å². The van der Waals surface area contributed by atoms with Crippen LogP contribution in [0.1, 0.15) is 54.9 Å². The summed E-state index contributed by atoms with van der Waals surface area (Å²) in [6, 6.07) is 0.974. The van der Waals surface area contributed by atoms with Crippen LogP contribution in [0.15, 0.2) is 18.2 Å². The Kier molecular flexibility index (Phi) is 5.27. The first kappa shape index (κ1) is 18.8. The number of aliphatic hydroxyl groups is 1. The molecule has 2 rings (SSSR count). The first-order valence-electron chi connectivity index (χ1n) is 7.50. The number of benzene rings is 1. The van der Waals surface area contributed by atoms with Gasteiger partial charge in [-0.2, -0.15) is 26.3 Å². The van der Waals surface area contributed by atoms with E-state index in [0.717, 1.165) is 6.42 Å². The van der Waals surface area contributed by atoms with Crippen LogP contribution in [-0.4, -0.2) is 10.9 Å². The number of hydrogen-bond donors (Lipinski definition) is 1. The number of alkyl halides is 6. The van der Waals surface area contributed by atoms with E-state index in [-0.39, 0.29) is 24.7 Å². The van der Waals surface area contributed by atoms with Crippen molar-refractivity contribution < 1.29 is 36.2 Å². The van der Waals surface area contributed by atoms with Crippen molar-refractivity contribution in [2.24, 2.45) is 5.92 Å². The maximum Gasteiger partial charge on any atom is 0.416 e. The van der Waals surface area contributed by atoms with Crippen molar-refractivity contribution in [2.45, 2.75) is 50.6 Å². The van der Waals surface area contributed by atoms with Gasteiger partial charge in [-0.1, -0.05) is 12.8 Å². The van der Waals surface area contributed by atoms with Gasteiger partial charge in [0.2, 0.25) is 0 Å². The molecule has 0 aliphatic heterocycles. The molecule has 134 valence electrons. The highest BCUT2D eigenvalue weighted by Crippen LogP contribution is 2.39. The third-order valence-electron chi connectivity index (χ3n) is 4.18. The van der Waals surface area contributed by atoms with Crippen LogP contribution in [0.5, 0.6) is 0 Å². The standard InChI is InChI=1S/C16H16F6O2/c17-15(18,19)10-6-9(7-11(8-10)16(20,21)22)14(24)12-4-2-1-3-5-13(12)23/h6-8,12,14,24H,1-5H2/t12-,14+/m0/s1. The van der Waals surface area contributed by atoms with Gasteiger partial charge in [-0.3, -0.25) is 4.79 Å². The predicted molar refractivity (Wildman–Crippen MR) is 73.0 cm³/mol. The van der Waals surface area contributed by atoms with E-state index >= 15 is 0 Å². The van der Waals surface area contributed by atoms with E-state index in [2.05, 4.69) is 0 Å². The normalized spacial score (nSPS) is 21.5. The number of carbonyl (C=O) groups is 1. The lowest BCUT2D eigenvalue weighted by Gasteiger charge is -2.22. The lowest BCUT2D eigenvalue weighted by Crippen LogP contribution is -2.22. The lowest BCUT2D eigenvalue weighted by molar-refractivity contribution is -0.143. The molecule has 1 N–H and O–H groups in total. The Hall–Kier alpha value is -1.57. The van der Waals surface area contributed by atoms with Crippen molar-refractivity contribution in [3.63, 3.8) is 0 Å². The van der Waals surface area contributed by atoms with Gasteiger partial charge in [-0.05, 0) is 36.6 Å². The number of aliphatic hydroxyl groups excluding tert-OH is 1. The summed E-state index contributed by atoms with van der Waals surface area (Å²) in [5, 5.41) is 10.3. The van der Waals surface area contributed by atoms with Gasteiger partial charge < -0.3 is 5.11 Å². The zero-order chi connectivity index (χ0) is 18.1. The molecule has 1 aliphatic carbocycles. The van der Waals surface area contributed by atoms with E-state index < -0.39 is 41.1 Å². The van der Waals surface area contributed by atoms with Crippen molar-refractivity contribution in [1.82, 2.24) is 0 Å². The van der Waals surface area contributed by atoms with Crippen molar-refractivity contribution in [3.8, 4) is 0 Å². The van der Waals surface area contributed by atoms with Gasteiger partial charge in [-0.15, -0.1) is 0 Å². The molecular formula is C16H16F6O2.